The van der Waals surface area contributed by atoms with Crippen molar-refractivity contribution in [2.45, 2.75) is 90.2 Å². The van der Waals surface area contributed by atoms with Crippen molar-refractivity contribution in [2.75, 3.05) is 0 Å². The monoisotopic (exact) mass is 670 g/mol. The largest absolute Gasteiger partial charge is 0.534 e. The lowest BCUT2D eigenvalue weighted by Crippen LogP contribution is -2.41. The molecule has 0 aromatic heterocycles. The molecule has 4 aromatic carbocycles. The quantitative estimate of drug-likeness (QED) is 0.134. The number of halogens is 3. The second kappa shape index (κ2) is 11.8. The van der Waals surface area contributed by atoms with E-state index in [1.807, 2.05) is 0 Å². The van der Waals surface area contributed by atoms with Gasteiger partial charge in [0, 0.05) is 5.39 Å². The van der Waals surface area contributed by atoms with Crippen LogP contribution >= 0.6 is 0 Å². The molecule has 2 aliphatic rings. The normalized spacial score (nSPS) is 19.9. The van der Waals surface area contributed by atoms with Crippen molar-refractivity contribution in [3.8, 4) is 5.75 Å². The molecule has 0 unspecified atom stereocenters. The van der Waals surface area contributed by atoms with Crippen LogP contribution in [0.2, 0.25) is 0 Å². The van der Waals surface area contributed by atoms with Crippen LogP contribution in [0.25, 0.3) is 21.5 Å². The summed E-state index contributed by atoms with van der Waals surface area (Å²) < 4.78 is 88.3. The summed E-state index contributed by atoms with van der Waals surface area (Å²) in [6, 6.07) is 21.7. The van der Waals surface area contributed by atoms with Gasteiger partial charge in [0.25, 0.3) is 0 Å². The van der Waals surface area contributed by atoms with Crippen LogP contribution in [0.15, 0.2) is 72.8 Å². The highest BCUT2D eigenvalue weighted by molar-refractivity contribution is 7.88. The lowest BCUT2D eigenvalue weighted by atomic mass is 9.71. The van der Waals surface area contributed by atoms with Crippen molar-refractivity contribution in [2.24, 2.45) is 0 Å². The molecule has 0 atom stereocenters. The summed E-state index contributed by atoms with van der Waals surface area (Å²) in [6.07, 6.45) is 0. The SMILES string of the molecule is CC1(C)OB(c2cccc3c(B4OC(C)(C)C(C)(C)O4)cccc23)OC1(C)C.Cc1cccc2c(OS(=O)(=O)C(F)(F)F)cccc12. The van der Waals surface area contributed by atoms with Crippen molar-refractivity contribution in [3.63, 3.8) is 0 Å². The Hall–Kier alpha value is -3.09. The maximum absolute atomic E-state index is 12.3. The first kappa shape index (κ1) is 35.2. The molecule has 2 fully saturated rings. The molecular formula is C34H39B2F3O7S. The van der Waals surface area contributed by atoms with E-state index in [9.17, 15) is 21.6 Å². The van der Waals surface area contributed by atoms with Crippen LogP contribution in [0.1, 0.15) is 61.0 Å². The first-order chi connectivity index (χ1) is 21.6. The van der Waals surface area contributed by atoms with Gasteiger partial charge < -0.3 is 22.8 Å². The number of rotatable bonds is 4. The summed E-state index contributed by atoms with van der Waals surface area (Å²) in [5.74, 6) is -0.335. The Kier molecular flexibility index (Phi) is 8.85. The Bertz CT molecular complexity index is 1820. The Morgan fingerprint density at radius 2 is 0.936 bits per heavy atom. The molecule has 4 aromatic rings. The van der Waals surface area contributed by atoms with Gasteiger partial charge in [-0.15, -0.1) is 0 Å². The van der Waals surface area contributed by atoms with Gasteiger partial charge in [0.15, 0.2) is 5.75 Å². The zero-order valence-corrected chi connectivity index (χ0v) is 28.8. The predicted octanol–water partition coefficient (Wildman–Crippen LogP) is 6.81. The highest BCUT2D eigenvalue weighted by atomic mass is 32.2. The fourth-order valence-electron chi connectivity index (χ4n) is 5.39. The van der Waals surface area contributed by atoms with E-state index in [0.717, 1.165) is 27.3 Å². The minimum atomic E-state index is -5.66. The molecule has 0 bridgehead atoms. The number of benzene rings is 4. The highest BCUT2D eigenvalue weighted by Crippen LogP contribution is 2.39. The van der Waals surface area contributed by atoms with Gasteiger partial charge in [-0.1, -0.05) is 66.7 Å². The molecule has 0 amide bonds. The van der Waals surface area contributed by atoms with Crippen molar-refractivity contribution in [1.82, 2.24) is 0 Å². The minimum Gasteiger partial charge on any atom is -0.399 e. The van der Waals surface area contributed by atoms with Gasteiger partial charge in [-0.2, -0.15) is 21.6 Å². The fraction of sp³-hybridized carbons (Fsp3) is 0.412. The third kappa shape index (κ3) is 6.53. The van der Waals surface area contributed by atoms with Crippen LogP contribution in [-0.4, -0.2) is 50.6 Å². The van der Waals surface area contributed by atoms with Crippen molar-refractivity contribution < 1.29 is 44.4 Å². The summed E-state index contributed by atoms with van der Waals surface area (Å²) in [4.78, 5) is 0. The standard InChI is InChI=1S/C22H30B2O4.C12H9F3O3S/c1-19(2)20(3,4)26-23(25-19)17-13-9-12-16-15(17)11-10-14-18(16)24-27-21(5,6)22(7,8)28-24;1-8-4-2-6-10-9(8)5-3-7-11(10)18-19(16,17)12(13,14)15/h9-14H,1-8H3;2-7H,1H3. The smallest absolute Gasteiger partial charge is 0.399 e. The van der Waals surface area contributed by atoms with E-state index in [1.54, 1.807) is 25.1 Å². The number of fused-ring (bicyclic) bond motifs is 2. The Morgan fingerprint density at radius 1 is 0.574 bits per heavy atom. The molecule has 2 saturated heterocycles. The van der Waals surface area contributed by atoms with Gasteiger partial charge >= 0.3 is 29.9 Å². The molecule has 0 N–H and O–H groups in total. The van der Waals surface area contributed by atoms with E-state index in [-0.39, 0.29) is 28.2 Å². The lowest BCUT2D eigenvalue weighted by molar-refractivity contribution is -0.0499. The number of hydrogen-bond donors (Lipinski definition) is 0. The predicted molar refractivity (Wildman–Crippen MR) is 180 cm³/mol. The van der Waals surface area contributed by atoms with Crippen LogP contribution in [0.3, 0.4) is 0 Å². The minimum absolute atomic E-state index is 0.315. The van der Waals surface area contributed by atoms with Gasteiger partial charge in [-0.3, -0.25) is 0 Å². The van der Waals surface area contributed by atoms with E-state index >= 15 is 0 Å². The topological polar surface area (TPSA) is 80.3 Å². The van der Waals surface area contributed by atoms with Crippen LogP contribution in [0.4, 0.5) is 13.2 Å². The average Bonchev–Trinajstić information content (AvgIpc) is 3.31. The van der Waals surface area contributed by atoms with Crippen molar-refractivity contribution in [3.05, 3.63) is 78.4 Å². The third-order valence-corrected chi connectivity index (χ3v) is 10.6. The second-order valence-corrected chi connectivity index (χ2v) is 15.4. The van der Waals surface area contributed by atoms with E-state index in [2.05, 4.69) is 96.0 Å². The van der Waals surface area contributed by atoms with Crippen LogP contribution in [0, 0.1) is 6.92 Å². The molecular weight excluding hydrogens is 631 g/mol. The summed E-state index contributed by atoms with van der Waals surface area (Å²) in [5, 5.41) is 3.16. The summed E-state index contributed by atoms with van der Waals surface area (Å²) in [7, 11) is -6.46. The van der Waals surface area contributed by atoms with Crippen LogP contribution in [-0.2, 0) is 28.7 Å². The molecule has 250 valence electrons. The molecule has 0 saturated carbocycles. The molecule has 0 spiro atoms. The van der Waals surface area contributed by atoms with Gasteiger partial charge in [0.2, 0.25) is 0 Å². The van der Waals surface area contributed by atoms with E-state index in [4.69, 9.17) is 18.6 Å². The van der Waals surface area contributed by atoms with E-state index in [0.29, 0.717) is 10.8 Å². The van der Waals surface area contributed by atoms with Gasteiger partial charge in [-0.05, 0) is 101 Å². The first-order valence-corrected chi connectivity index (χ1v) is 16.7. The van der Waals surface area contributed by atoms with Gasteiger partial charge in [0.1, 0.15) is 0 Å². The maximum atomic E-state index is 12.3. The zero-order valence-electron chi connectivity index (χ0n) is 28.0. The molecule has 2 heterocycles. The fourth-order valence-corrected chi connectivity index (χ4v) is 5.86. The number of alkyl halides is 3. The third-order valence-electron chi connectivity index (χ3n) is 9.59. The molecule has 6 rings (SSSR count). The molecule has 0 radical (unpaired) electrons. The summed E-state index contributed by atoms with van der Waals surface area (Å²) in [6.45, 7) is 18.4. The Balaban J connectivity index is 0.000000199. The highest BCUT2D eigenvalue weighted by Gasteiger charge is 2.54. The maximum Gasteiger partial charge on any atom is 0.534 e. The molecule has 7 nitrogen and oxygen atoms in total. The van der Waals surface area contributed by atoms with Crippen molar-refractivity contribution >= 4 is 56.8 Å². The molecule has 47 heavy (non-hydrogen) atoms. The molecule has 13 heteroatoms. The van der Waals surface area contributed by atoms with Crippen LogP contribution in [0.5, 0.6) is 5.75 Å². The molecule has 2 aliphatic heterocycles. The number of hydrogen-bond acceptors (Lipinski definition) is 7. The average molecular weight is 670 g/mol. The Labute approximate surface area is 275 Å². The lowest BCUT2D eigenvalue weighted by Gasteiger charge is -2.32. The summed E-state index contributed by atoms with van der Waals surface area (Å²) >= 11 is 0. The van der Waals surface area contributed by atoms with E-state index in [1.165, 1.54) is 18.2 Å². The van der Waals surface area contributed by atoms with E-state index < -0.39 is 29.9 Å². The van der Waals surface area contributed by atoms with Gasteiger partial charge in [0.05, 0.1) is 22.4 Å². The second-order valence-electron chi connectivity index (χ2n) is 13.9. The van der Waals surface area contributed by atoms with Gasteiger partial charge in [-0.25, -0.2) is 0 Å². The van der Waals surface area contributed by atoms with Crippen molar-refractivity contribution in [1.29, 1.82) is 0 Å². The zero-order chi connectivity index (χ0) is 34.8. The molecule has 0 aliphatic carbocycles. The summed E-state index contributed by atoms with van der Waals surface area (Å²) in [5.41, 5.74) is -4.05. The van der Waals surface area contributed by atoms with Crippen LogP contribution < -0.4 is 15.1 Å². The first-order valence-electron chi connectivity index (χ1n) is 15.3. The number of aryl methyl sites for hydroxylation is 1. The Morgan fingerprint density at radius 3 is 1.36 bits per heavy atom.